The lowest BCUT2D eigenvalue weighted by molar-refractivity contribution is 0.0693. The van der Waals surface area contributed by atoms with Gasteiger partial charge in [0, 0.05) is 5.02 Å². The summed E-state index contributed by atoms with van der Waals surface area (Å²) < 4.78 is 5.99. The van der Waals surface area contributed by atoms with Gasteiger partial charge >= 0.3 is 5.97 Å². The molecule has 0 unspecified atom stereocenters. The highest BCUT2D eigenvalue weighted by Gasteiger charge is 2.14. The highest BCUT2D eigenvalue weighted by atomic mass is 79.9. The van der Waals surface area contributed by atoms with Crippen molar-refractivity contribution in [3.05, 3.63) is 45.5 Å². The molecule has 0 spiro atoms. The van der Waals surface area contributed by atoms with E-state index in [0.717, 1.165) is 0 Å². The Kier molecular flexibility index (Phi) is 3.78. The Morgan fingerprint density at radius 2 is 2.17 bits per heavy atom. The number of carboxylic acids is 1. The Morgan fingerprint density at radius 1 is 1.39 bits per heavy atom. The maximum absolute atomic E-state index is 11.0. The van der Waals surface area contributed by atoms with Crippen LogP contribution in [0, 0.1) is 0 Å². The molecule has 0 atom stereocenters. The summed E-state index contributed by atoms with van der Waals surface area (Å²) >= 11 is 9.06. The number of hydrogen-bond donors (Lipinski definition) is 1. The van der Waals surface area contributed by atoms with E-state index in [4.69, 9.17) is 21.4 Å². The van der Waals surface area contributed by atoms with Gasteiger partial charge in [0.05, 0.1) is 10.7 Å². The molecule has 0 radical (unpaired) electrons. The second-order valence-electron chi connectivity index (χ2n) is 3.23. The fourth-order valence-electron chi connectivity index (χ4n) is 1.22. The monoisotopic (exact) mass is 328 g/mol. The van der Waals surface area contributed by atoms with Crippen LogP contribution in [0.3, 0.4) is 0 Å². The van der Waals surface area contributed by atoms with E-state index in [1.807, 2.05) is 0 Å². The normalized spacial score (nSPS) is 10.1. The van der Waals surface area contributed by atoms with Gasteiger partial charge in [-0.3, -0.25) is 0 Å². The lowest BCUT2D eigenvalue weighted by Gasteiger charge is -2.08. The number of aromatic nitrogens is 2. The van der Waals surface area contributed by atoms with Crippen molar-refractivity contribution in [3.63, 3.8) is 0 Å². The molecule has 5 nitrogen and oxygen atoms in total. The number of benzene rings is 1. The van der Waals surface area contributed by atoms with Crippen LogP contribution >= 0.6 is 27.5 Å². The van der Waals surface area contributed by atoms with Crippen LogP contribution in [0.4, 0.5) is 0 Å². The highest BCUT2D eigenvalue weighted by molar-refractivity contribution is 9.10. The van der Waals surface area contributed by atoms with Crippen LogP contribution in [0.1, 0.15) is 10.4 Å². The van der Waals surface area contributed by atoms with Crippen molar-refractivity contribution in [2.45, 2.75) is 0 Å². The van der Waals surface area contributed by atoms with Crippen molar-refractivity contribution in [2.24, 2.45) is 0 Å². The van der Waals surface area contributed by atoms with Gasteiger partial charge in [-0.25, -0.2) is 4.79 Å². The van der Waals surface area contributed by atoms with Crippen LogP contribution in [0.2, 0.25) is 5.02 Å². The van der Waals surface area contributed by atoms with Gasteiger partial charge in [0.15, 0.2) is 0 Å². The van der Waals surface area contributed by atoms with Gasteiger partial charge in [-0.1, -0.05) is 11.6 Å². The number of carboxylic acid groups (broad SMARTS) is 1. The Bertz CT molecular complexity index is 607. The van der Waals surface area contributed by atoms with Crippen molar-refractivity contribution >= 4 is 33.5 Å². The van der Waals surface area contributed by atoms with Crippen LogP contribution < -0.4 is 4.74 Å². The summed E-state index contributed by atoms with van der Waals surface area (Å²) in [5.74, 6) is -0.805. The molecule has 2 rings (SSSR count). The minimum absolute atomic E-state index is 0.0631. The summed E-state index contributed by atoms with van der Waals surface area (Å²) in [5.41, 5.74) is -0.0631. The van der Waals surface area contributed by atoms with Crippen molar-refractivity contribution in [2.75, 3.05) is 0 Å². The molecule has 0 bridgehead atoms. The van der Waals surface area contributed by atoms with E-state index in [2.05, 4.69) is 26.1 Å². The third kappa shape index (κ3) is 2.77. The lowest BCUT2D eigenvalue weighted by atomic mass is 10.3. The topological polar surface area (TPSA) is 72.3 Å². The van der Waals surface area contributed by atoms with Crippen LogP contribution in [0.25, 0.3) is 0 Å². The molecular formula is C11H6BrClN2O3. The first-order valence-electron chi connectivity index (χ1n) is 4.76. The molecule has 7 heteroatoms. The summed E-state index contributed by atoms with van der Waals surface area (Å²) in [6, 6.07) is 6.17. The number of carbonyl (C=O) groups is 1. The van der Waals surface area contributed by atoms with Gasteiger partial charge in [-0.05, 0) is 40.2 Å². The first-order valence-corrected chi connectivity index (χ1v) is 5.93. The minimum Gasteiger partial charge on any atom is -0.477 e. The van der Waals surface area contributed by atoms with Gasteiger partial charge in [0.2, 0.25) is 0 Å². The molecule has 0 amide bonds. The number of aromatic carboxylic acids is 1. The molecule has 18 heavy (non-hydrogen) atoms. The van der Waals surface area contributed by atoms with Crippen molar-refractivity contribution < 1.29 is 14.6 Å². The second kappa shape index (κ2) is 5.32. The van der Waals surface area contributed by atoms with Crippen molar-refractivity contribution in [1.82, 2.24) is 10.2 Å². The quantitative estimate of drug-likeness (QED) is 0.934. The Hall–Kier alpha value is -1.66. The number of ether oxygens (including phenoxy) is 1. The zero-order valence-corrected chi connectivity index (χ0v) is 11.1. The van der Waals surface area contributed by atoms with Gasteiger partial charge in [0.25, 0.3) is 5.88 Å². The third-order valence-corrected chi connectivity index (χ3v) is 2.87. The zero-order chi connectivity index (χ0) is 13.1. The van der Waals surface area contributed by atoms with Crippen LogP contribution in [0.15, 0.2) is 34.9 Å². The van der Waals surface area contributed by atoms with E-state index in [-0.39, 0.29) is 11.4 Å². The highest BCUT2D eigenvalue weighted by Crippen LogP contribution is 2.32. The minimum atomic E-state index is -1.13. The average Bonchev–Trinajstić information content (AvgIpc) is 2.33. The molecule has 0 aliphatic rings. The molecule has 1 N–H and O–H groups in total. The molecule has 1 aromatic heterocycles. The molecule has 0 aliphatic carbocycles. The fourth-order valence-corrected chi connectivity index (χ4v) is 1.98. The molecule has 2 aromatic rings. The predicted molar refractivity (Wildman–Crippen MR) is 68.2 cm³/mol. The van der Waals surface area contributed by atoms with E-state index in [9.17, 15) is 4.79 Å². The number of nitrogens with zero attached hydrogens (tertiary/aromatic N) is 2. The van der Waals surface area contributed by atoms with E-state index < -0.39 is 5.97 Å². The third-order valence-electron chi connectivity index (χ3n) is 2.02. The number of rotatable bonds is 3. The zero-order valence-electron chi connectivity index (χ0n) is 8.80. The summed E-state index contributed by atoms with van der Waals surface area (Å²) in [5, 5.41) is 16.8. The van der Waals surface area contributed by atoms with Crippen LogP contribution in [-0.4, -0.2) is 21.3 Å². The smallest absolute Gasteiger partial charge is 0.341 e. The van der Waals surface area contributed by atoms with Gasteiger partial charge in [-0.2, -0.15) is 5.10 Å². The second-order valence-corrected chi connectivity index (χ2v) is 4.52. The maximum atomic E-state index is 11.0. The average molecular weight is 330 g/mol. The maximum Gasteiger partial charge on any atom is 0.341 e. The van der Waals surface area contributed by atoms with E-state index in [1.54, 1.807) is 18.2 Å². The Morgan fingerprint density at radius 3 is 2.83 bits per heavy atom. The van der Waals surface area contributed by atoms with Crippen molar-refractivity contribution in [1.29, 1.82) is 0 Å². The first-order chi connectivity index (χ1) is 8.58. The number of halogens is 2. The molecule has 92 valence electrons. The standard InChI is InChI=1S/C11H6BrClN2O3/c12-8-5-6(13)1-2-9(8)18-10-7(11(16)17)3-4-14-15-10/h1-5H,(H,16,17). The summed E-state index contributed by atoms with van der Waals surface area (Å²) in [4.78, 5) is 11.0. The van der Waals surface area contributed by atoms with E-state index >= 15 is 0 Å². The van der Waals surface area contributed by atoms with Crippen LogP contribution in [0.5, 0.6) is 11.6 Å². The van der Waals surface area contributed by atoms with E-state index in [0.29, 0.717) is 15.2 Å². The molecule has 0 aliphatic heterocycles. The van der Waals surface area contributed by atoms with Crippen molar-refractivity contribution in [3.8, 4) is 11.6 Å². The molecule has 1 aromatic carbocycles. The number of hydrogen-bond acceptors (Lipinski definition) is 4. The fraction of sp³-hybridized carbons (Fsp3) is 0. The van der Waals surface area contributed by atoms with Crippen LogP contribution in [-0.2, 0) is 0 Å². The first kappa shape index (κ1) is 12.8. The van der Waals surface area contributed by atoms with E-state index in [1.165, 1.54) is 12.3 Å². The molecule has 0 saturated heterocycles. The SMILES string of the molecule is O=C(O)c1ccnnc1Oc1ccc(Cl)cc1Br. The molecular weight excluding hydrogens is 323 g/mol. The summed E-state index contributed by atoms with van der Waals surface area (Å²) in [7, 11) is 0. The predicted octanol–water partition coefficient (Wildman–Crippen LogP) is 3.38. The summed E-state index contributed by atoms with van der Waals surface area (Å²) in [6.07, 6.45) is 1.28. The Balaban J connectivity index is 2.37. The van der Waals surface area contributed by atoms with Gasteiger partial charge in [0.1, 0.15) is 11.3 Å². The molecule has 0 fully saturated rings. The summed E-state index contributed by atoms with van der Waals surface area (Å²) in [6.45, 7) is 0. The molecule has 0 saturated carbocycles. The van der Waals surface area contributed by atoms with Gasteiger partial charge < -0.3 is 9.84 Å². The van der Waals surface area contributed by atoms with Gasteiger partial charge in [-0.15, -0.1) is 5.10 Å². The molecule has 1 heterocycles. The largest absolute Gasteiger partial charge is 0.477 e. The Labute approximate surface area is 116 Å². The lowest BCUT2D eigenvalue weighted by Crippen LogP contribution is -2.03.